The Bertz CT molecular complexity index is 1350. The predicted molar refractivity (Wildman–Crippen MR) is 146 cm³/mol. The van der Waals surface area contributed by atoms with E-state index in [1.165, 1.54) is 5.56 Å². The molecule has 2 aromatic carbocycles. The van der Waals surface area contributed by atoms with Crippen molar-refractivity contribution < 1.29 is 14.7 Å². The lowest BCUT2D eigenvalue weighted by Gasteiger charge is -2.20. The van der Waals surface area contributed by atoms with E-state index in [0.29, 0.717) is 30.0 Å². The number of benzene rings is 2. The fraction of sp³-hybridized carbons (Fsp3) is 0.300. The number of rotatable bonds is 11. The maximum atomic E-state index is 13.2. The lowest BCUT2D eigenvalue weighted by molar-refractivity contribution is -0.141. The van der Waals surface area contributed by atoms with E-state index in [4.69, 9.17) is 11.6 Å². The van der Waals surface area contributed by atoms with Crippen LogP contribution in [0.2, 0.25) is 0 Å². The average molecular weight is 518 g/mol. The third kappa shape index (κ3) is 6.98. The zero-order valence-corrected chi connectivity index (χ0v) is 21.9. The van der Waals surface area contributed by atoms with Gasteiger partial charge in [0.25, 0.3) is 5.91 Å². The van der Waals surface area contributed by atoms with E-state index in [2.05, 4.69) is 34.6 Å². The molecule has 192 valence electrons. The summed E-state index contributed by atoms with van der Waals surface area (Å²) in [4.78, 5) is 29.8. The molecule has 3 unspecified atom stereocenters. The first kappa shape index (κ1) is 26.4. The van der Waals surface area contributed by atoms with Crippen molar-refractivity contribution in [1.29, 1.82) is 0 Å². The van der Waals surface area contributed by atoms with Gasteiger partial charge in [0.15, 0.2) is 0 Å². The molecule has 0 radical (unpaired) electrons. The van der Waals surface area contributed by atoms with Crippen molar-refractivity contribution in [3.63, 3.8) is 0 Å². The van der Waals surface area contributed by atoms with E-state index in [1.807, 2.05) is 50.2 Å². The normalized spacial score (nSPS) is 13.7. The minimum Gasteiger partial charge on any atom is -0.481 e. The molecule has 4 aromatic rings. The number of hydrogen-bond donors (Lipinski definition) is 2. The van der Waals surface area contributed by atoms with Crippen molar-refractivity contribution in [2.45, 2.75) is 44.4 Å². The van der Waals surface area contributed by atoms with Gasteiger partial charge in [0.05, 0.1) is 11.6 Å². The maximum Gasteiger partial charge on any atom is 0.307 e. The average Bonchev–Trinajstić information content (AvgIpc) is 3.29. The number of aryl methyl sites for hydroxylation is 1. The van der Waals surface area contributed by atoms with Crippen LogP contribution in [0.3, 0.4) is 0 Å². The van der Waals surface area contributed by atoms with Crippen LogP contribution in [0.1, 0.15) is 52.1 Å². The molecule has 1 amide bonds. The van der Waals surface area contributed by atoms with Crippen LogP contribution in [0, 0.1) is 12.8 Å². The number of pyridine rings is 1. The number of amides is 1. The van der Waals surface area contributed by atoms with Gasteiger partial charge in [-0.2, -0.15) is 0 Å². The molecule has 6 nitrogen and oxygen atoms in total. The molecule has 0 bridgehead atoms. The van der Waals surface area contributed by atoms with Gasteiger partial charge in [-0.05, 0) is 49.9 Å². The SMILES string of the molecule is Cc1ccc(C(CNC(=O)c2cccc3nc(CC(Cc4ccccc4)C(=O)O)cn23)CC(C)Cl)cc1. The molecule has 2 heterocycles. The van der Waals surface area contributed by atoms with Gasteiger partial charge in [-0.3, -0.25) is 14.0 Å². The highest BCUT2D eigenvalue weighted by Crippen LogP contribution is 2.24. The van der Waals surface area contributed by atoms with Crippen molar-refractivity contribution in [2.75, 3.05) is 6.54 Å². The number of aromatic nitrogens is 2. The summed E-state index contributed by atoms with van der Waals surface area (Å²) in [6.07, 6.45) is 3.19. The molecule has 0 aliphatic carbocycles. The molecular weight excluding hydrogens is 486 g/mol. The zero-order chi connectivity index (χ0) is 26.4. The van der Waals surface area contributed by atoms with Gasteiger partial charge in [0.2, 0.25) is 0 Å². The molecule has 2 N–H and O–H groups in total. The third-order valence-corrected chi connectivity index (χ3v) is 6.75. The van der Waals surface area contributed by atoms with E-state index in [-0.39, 0.29) is 23.6 Å². The monoisotopic (exact) mass is 517 g/mol. The summed E-state index contributed by atoms with van der Waals surface area (Å²) >= 11 is 6.31. The molecule has 3 atom stereocenters. The van der Waals surface area contributed by atoms with Crippen LogP contribution in [0.5, 0.6) is 0 Å². The largest absolute Gasteiger partial charge is 0.481 e. The molecule has 0 fully saturated rings. The van der Waals surface area contributed by atoms with Crippen LogP contribution in [0.25, 0.3) is 5.65 Å². The number of hydrogen-bond acceptors (Lipinski definition) is 3. The minimum absolute atomic E-state index is 0.0269. The summed E-state index contributed by atoms with van der Waals surface area (Å²) in [5.74, 6) is -1.61. The van der Waals surface area contributed by atoms with Crippen molar-refractivity contribution >= 4 is 29.1 Å². The van der Waals surface area contributed by atoms with Gasteiger partial charge < -0.3 is 10.4 Å². The number of nitrogens with one attached hydrogen (secondary N) is 1. The number of carbonyl (C=O) groups excluding carboxylic acids is 1. The molecule has 0 saturated heterocycles. The predicted octanol–water partition coefficient (Wildman–Crippen LogP) is 5.66. The number of imidazole rings is 1. The number of fused-ring (bicyclic) bond motifs is 1. The summed E-state index contributed by atoms with van der Waals surface area (Å²) in [5.41, 5.74) is 4.98. The van der Waals surface area contributed by atoms with Gasteiger partial charge in [0.1, 0.15) is 11.3 Å². The molecule has 0 aliphatic rings. The Hall–Kier alpha value is -3.64. The van der Waals surface area contributed by atoms with E-state index < -0.39 is 11.9 Å². The maximum absolute atomic E-state index is 13.2. The first-order chi connectivity index (χ1) is 17.8. The van der Waals surface area contributed by atoms with Gasteiger partial charge in [-0.15, -0.1) is 11.6 Å². The van der Waals surface area contributed by atoms with Crippen molar-refractivity contribution in [3.05, 3.63) is 107 Å². The second-order valence-corrected chi connectivity index (χ2v) is 10.4. The number of carboxylic acids is 1. The number of carbonyl (C=O) groups is 2. The summed E-state index contributed by atoms with van der Waals surface area (Å²) in [6.45, 7) is 4.46. The highest BCUT2D eigenvalue weighted by Gasteiger charge is 2.22. The number of nitrogens with zero attached hydrogens (tertiary/aromatic N) is 2. The van der Waals surface area contributed by atoms with Crippen LogP contribution >= 0.6 is 11.6 Å². The molecule has 2 aromatic heterocycles. The van der Waals surface area contributed by atoms with Gasteiger partial charge in [0, 0.05) is 30.5 Å². The Morgan fingerprint density at radius 1 is 1.00 bits per heavy atom. The lowest BCUT2D eigenvalue weighted by atomic mass is 9.93. The van der Waals surface area contributed by atoms with E-state index in [1.54, 1.807) is 22.7 Å². The van der Waals surface area contributed by atoms with Gasteiger partial charge in [-0.25, -0.2) is 4.98 Å². The zero-order valence-electron chi connectivity index (χ0n) is 21.1. The van der Waals surface area contributed by atoms with Crippen molar-refractivity contribution in [3.8, 4) is 0 Å². The second kappa shape index (κ2) is 12.1. The molecule has 37 heavy (non-hydrogen) atoms. The van der Waals surface area contributed by atoms with Crippen molar-refractivity contribution in [2.24, 2.45) is 5.92 Å². The Morgan fingerprint density at radius 2 is 1.73 bits per heavy atom. The molecule has 0 saturated carbocycles. The molecular formula is C30H32ClN3O3. The first-order valence-electron chi connectivity index (χ1n) is 12.5. The molecule has 4 rings (SSSR count). The Kier molecular flexibility index (Phi) is 8.62. The van der Waals surface area contributed by atoms with E-state index >= 15 is 0 Å². The standard InChI is InChI=1S/C30H32ClN3O3/c1-20-11-13-23(14-12-20)25(15-21(2)31)18-32-29(35)27-9-6-10-28-33-26(19-34(27)28)17-24(30(36)37)16-22-7-4-3-5-8-22/h3-14,19,21,24-25H,15-18H2,1-2H3,(H,32,35)(H,36,37). The smallest absolute Gasteiger partial charge is 0.307 e. The van der Waals surface area contributed by atoms with Crippen LogP contribution in [0.15, 0.2) is 79.0 Å². The Balaban J connectivity index is 1.50. The van der Waals surface area contributed by atoms with Crippen LogP contribution < -0.4 is 5.32 Å². The summed E-state index contributed by atoms with van der Waals surface area (Å²) in [5, 5.41) is 12.8. The Labute approximate surface area is 222 Å². The molecule has 0 aliphatic heterocycles. The number of halogens is 1. The van der Waals surface area contributed by atoms with Crippen LogP contribution in [0.4, 0.5) is 0 Å². The minimum atomic E-state index is -0.866. The quantitative estimate of drug-likeness (QED) is 0.251. The highest BCUT2D eigenvalue weighted by atomic mass is 35.5. The summed E-state index contributed by atoms with van der Waals surface area (Å²) in [6, 6.07) is 23.2. The third-order valence-electron chi connectivity index (χ3n) is 6.57. The fourth-order valence-electron chi connectivity index (χ4n) is 4.62. The highest BCUT2D eigenvalue weighted by molar-refractivity contribution is 6.20. The van der Waals surface area contributed by atoms with Crippen LogP contribution in [-0.4, -0.2) is 38.3 Å². The Morgan fingerprint density at radius 3 is 2.41 bits per heavy atom. The topological polar surface area (TPSA) is 83.7 Å². The van der Waals surface area contributed by atoms with Crippen molar-refractivity contribution in [1.82, 2.24) is 14.7 Å². The molecule has 0 spiro atoms. The fourth-order valence-corrected chi connectivity index (χ4v) is 4.83. The van der Waals surface area contributed by atoms with Gasteiger partial charge >= 0.3 is 5.97 Å². The molecule has 7 heteroatoms. The van der Waals surface area contributed by atoms with Crippen LogP contribution in [-0.2, 0) is 17.6 Å². The lowest BCUT2D eigenvalue weighted by Crippen LogP contribution is -2.30. The summed E-state index contributed by atoms with van der Waals surface area (Å²) < 4.78 is 1.73. The summed E-state index contributed by atoms with van der Waals surface area (Å²) in [7, 11) is 0. The number of aliphatic carboxylic acids is 1. The number of carboxylic acid groups (broad SMARTS) is 1. The first-order valence-corrected chi connectivity index (χ1v) is 13.0. The van der Waals surface area contributed by atoms with Gasteiger partial charge in [-0.1, -0.05) is 66.2 Å². The van der Waals surface area contributed by atoms with E-state index in [0.717, 1.165) is 17.5 Å². The number of alkyl halides is 1. The second-order valence-electron chi connectivity index (χ2n) is 9.63. The van der Waals surface area contributed by atoms with E-state index in [9.17, 15) is 14.7 Å².